The molecule has 2 aliphatic carbocycles. The van der Waals surface area contributed by atoms with Gasteiger partial charge in [0.1, 0.15) is 0 Å². The summed E-state index contributed by atoms with van der Waals surface area (Å²) in [6.07, 6.45) is 7.24. The van der Waals surface area contributed by atoms with E-state index < -0.39 is 0 Å². The predicted molar refractivity (Wildman–Crippen MR) is 99.3 cm³/mol. The standard InChI is InChI=1S/C21H28N2O3/c1-25-18-9-12-7-8-23-17(15(12)10-19(18)26-2)11-16(22-24)20-13-5-3-4-6-14(13)21(20)23/h9-10,13-14,17,20-21,24H,3-8,11H2,1-2H3. The maximum Gasteiger partial charge on any atom is 0.161 e. The second kappa shape index (κ2) is 6.15. The van der Waals surface area contributed by atoms with Gasteiger partial charge in [0.15, 0.2) is 11.5 Å². The van der Waals surface area contributed by atoms with Crippen LogP contribution < -0.4 is 9.47 Å². The predicted octanol–water partition coefficient (Wildman–Crippen LogP) is 3.64. The SMILES string of the molecule is COc1cc2c(cc1OC)C1CC(=NO)C3C4CCCCC4C3N1CC2. The monoisotopic (exact) mass is 356 g/mol. The Labute approximate surface area is 155 Å². The molecular formula is C21H28N2O3. The number of nitrogens with zero attached hydrogens (tertiary/aromatic N) is 2. The average Bonchev–Trinajstić information content (AvgIpc) is 2.68. The van der Waals surface area contributed by atoms with Crippen molar-refractivity contribution in [2.24, 2.45) is 22.9 Å². The molecule has 0 amide bonds. The molecule has 5 atom stereocenters. The van der Waals surface area contributed by atoms with Gasteiger partial charge in [-0.2, -0.15) is 0 Å². The summed E-state index contributed by atoms with van der Waals surface area (Å²) in [5.74, 6) is 3.60. The fourth-order valence-electron chi connectivity index (χ4n) is 6.40. The summed E-state index contributed by atoms with van der Waals surface area (Å²) in [7, 11) is 3.39. The molecule has 1 N–H and O–H groups in total. The highest BCUT2D eigenvalue weighted by Crippen LogP contribution is 2.58. The van der Waals surface area contributed by atoms with Crippen LogP contribution in [-0.4, -0.2) is 42.6 Å². The molecule has 2 saturated carbocycles. The summed E-state index contributed by atoms with van der Waals surface area (Å²) in [5.41, 5.74) is 3.70. The van der Waals surface area contributed by atoms with Crippen molar-refractivity contribution in [3.63, 3.8) is 0 Å². The molecule has 26 heavy (non-hydrogen) atoms. The molecule has 5 nitrogen and oxygen atoms in total. The van der Waals surface area contributed by atoms with Crippen molar-refractivity contribution < 1.29 is 14.7 Å². The molecule has 4 aliphatic rings. The first-order valence-electron chi connectivity index (χ1n) is 9.98. The highest BCUT2D eigenvalue weighted by molar-refractivity contribution is 5.90. The molecule has 5 rings (SSSR count). The third kappa shape index (κ3) is 2.16. The van der Waals surface area contributed by atoms with E-state index >= 15 is 0 Å². The molecule has 1 aromatic rings. The molecule has 0 aromatic heterocycles. The Bertz CT molecular complexity index is 747. The lowest BCUT2D eigenvalue weighted by Crippen LogP contribution is -2.67. The van der Waals surface area contributed by atoms with Crippen molar-refractivity contribution in [2.75, 3.05) is 20.8 Å². The summed E-state index contributed by atoms with van der Waals surface area (Å²) in [4.78, 5) is 2.72. The van der Waals surface area contributed by atoms with E-state index in [0.717, 1.165) is 48.4 Å². The number of piperidine rings is 1. The van der Waals surface area contributed by atoms with E-state index in [0.29, 0.717) is 18.0 Å². The first-order chi connectivity index (χ1) is 12.8. The summed E-state index contributed by atoms with van der Waals surface area (Å²) >= 11 is 0. The van der Waals surface area contributed by atoms with Gasteiger partial charge in [-0.3, -0.25) is 4.90 Å². The molecule has 0 radical (unpaired) electrons. The fourth-order valence-corrected chi connectivity index (χ4v) is 6.40. The Kier molecular flexibility index (Phi) is 3.89. The van der Waals surface area contributed by atoms with E-state index in [2.05, 4.69) is 22.2 Å². The minimum atomic E-state index is 0.300. The second-order valence-corrected chi connectivity index (χ2v) is 8.33. The van der Waals surface area contributed by atoms with Gasteiger partial charge in [-0.05, 0) is 54.4 Å². The first-order valence-corrected chi connectivity index (χ1v) is 9.98. The van der Waals surface area contributed by atoms with Crippen molar-refractivity contribution in [2.45, 2.75) is 50.6 Å². The Morgan fingerprint density at radius 1 is 1.08 bits per heavy atom. The van der Waals surface area contributed by atoms with Gasteiger partial charge >= 0.3 is 0 Å². The van der Waals surface area contributed by atoms with E-state index in [1.165, 1.54) is 36.8 Å². The summed E-state index contributed by atoms with van der Waals surface area (Å²) in [5, 5.41) is 13.5. The van der Waals surface area contributed by atoms with E-state index in [1.54, 1.807) is 14.2 Å². The summed E-state index contributed by atoms with van der Waals surface area (Å²) < 4.78 is 11.1. The Morgan fingerprint density at radius 2 is 1.81 bits per heavy atom. The van der Waals surface area contributed by atoms with Crippen molar-refractivity contribution >= 4 is 5.71 Å². The molecular weight excluding hydrogens is 328 g/mol. The number of methoxy groups -OCH3 is 2. The summed E-state index contributed by atoms with van der Waals surface area (Å²) in [6.45, 7) is 1.09. The minimum Gasteiger partial charge on any atom is -0.493 e. The van der Waals surface area contributed by atoms with Gasteiger partial charge in [0.25, 0.3) is 0 Å². The number of benzene rings is 1. The van der Waals surface area contributed by atoms with Gasteiger partial charge < -0.3 is 14.7 Å². The van der Waals surface area contributed by atoms with Crippen LogP contribution in [0.5, 0.6) is 11.5 Å². The van der Waals surface area contributed by atoms with Gasteiger partial charge in [-0.1, -0.05) is 18.0 Å². The van der Waals surface area contributed by atoms with Crippen LogP contribution in [0.2, 0.25) is 0 Å². The first kappa shape index (κ1) is 16.4. The number of ether oxygens (including phenoxy) is 2. The van der Waals surface area contributed by atoms with Crippen molar-refractivity contribution in [1.29, 1.82) is 0 Å². The van der Waals surface area contributed by atoms with Gasteiger partial charge in [0, 0.05) is 31.0 Å². The van der Waals surface area contributed by atoms with Crippen LogP contribution >= 0.6 is 0 Å². The van der Waals surface area contributed by atoms with Crippen molar-refractivity contribution in [3.8, 4) is 11.5 Å². The molecule has 3 fully saturated rings. The Balaban J connectivity index is 1.54. The molecule has 2 heterocycles. The molecule has 140 valence electrons. The van der Waals surface area contributed by atoms with Gasteiger partial charge in [-0.15, -0.1) is 0 Å². The van der Waals surface area contributed by atoms with Crippen molar-refractivity contribution in [1.82, 2.24) is 4.90 Å². The van der Waals surface area contributed by atoms with E-state index in [-0.39, 0.29) is 0 Å². The number of oxime groups is 1. The van der Waals surface area contributed by atoms with Crippen LogP contribution in [0.15, 0.2) is 17.3 Å². The molecule has 1 aromatic carbocycles. The van der Waals surface area contributed by atoms with Crippen LogP contribution in [0.4, 0.5) is 0 Å². The quantitative estimate of drug-likeness (QED) is 0.649. The number of rotatable bonds is 2. The lowest BCUT2D eigenvalue weighted by Gasteiger charge is -2.63. The van der Waals surface area contributed by atoms with E-state index in [4.69, 9.17) is 9.47 Å². The lowest BCUT2D eigenvalue weighted by molar-refractivity contribution is -0.0913. The molecule has 0 spiro atoms. The minimum absolute atomic E-state index is 0.300. The third-order valence-electron chi connectivity index (χ3n) is 7.49. The lowest BCUT2D eigenvalue weighted by atomic mass is 9.51. The van der Waals surface area contributed by atoms with Gasteiger partial charge in [0.05, 0.1) is 19.9 Å². The Morgan fingerprint density at radius 3 is 2.54 bits per heavy atom. The van der Waals surface area contributed by atoms with Gasteiger partial charge in [-0.25, -0.2) is 0 Å². The zero-order chi connectivity index (χ0) is 17.8. The Hall–Kier alpha value is -1.75. The topological polar surface area (TPSA) is 54.3 Å². The molecule has 2 aliphatic heterocycles. The normalized spacial score (nSPS) is 37.0. The largest absolute Gasteiger partial charge is 0.493 e. The van der Waals surface area contributed by atoms with Crippen LogP contribution in [0.1, 0.15) is 49.3 Å². The molecule has 5 heteroatoms. The maximum atomic E-state index is 9.75. The van der Waals surface area contributed by atoms with Crippen LogP contribution in [0.3, 0.4) is 0 Å². The highest BCUT2D eigenvalue weighted by Gasteiger charge is 2.59. The van der Waals surface area contributed by atoms with Crippen molar-refractivity contribution in [3.05, 3.63) is 23.3 Å². The number of hydrogen-bond acceptors (Lipinski definition) is 5. The maximum absolute atomic E-state index is 9.75. The fraction of sp³-hybridized carbons (Fsp3) is 0.667. The molecule has 5 unspecified atom stereocenters. The zero-order valence-corrected chi connectivity index (χ0v) is 15.6. The average molecular weight is 356 g/mol. The van der Waals surface area contributed by atoms with Crippen LogP contribution in [0.25, 0.3) is 0 Å². The van der Waals surface area contributed by atoms with Crippen LogP contribution in [-0.2, 0) is 6.42 Å². The highest BCUT2D eigenvalue weighted by atomic mass is 16.5. The van der Waals surface area contributed by atoms with Crippen LogP contribution in [0, 0.1) is 17.8 Å². The zero-order valence-electron chi connectivity index (χ0n) is 15.6. The summed E-state index contributed by atoms with van der Waals surface area (Å²) in [6, 6.07) is 5.15. The molecule has 1 saturated heterocycles. The van der Waals surface area contributed by atoms with Gasteiger partial charge in [0.2, 0.25) is 0 Å². The third-order valence-corrected chi connectivity index (χ3v) is 7.49. The number of fused-ring (bicyclic) bond motifs is 8. The van der Waals surface area contributed by atoms with E-state index in [1.807, 2.05) is 0 Å². The second-order valence-electron chi connectivity index (χ2n) is 8.33. The van der Waals surface area contributed by atoms with E-state index in [9.17, 15) is 5.21 Å². The molecule has 0 bridgehead atoms. The number of hydrogen-bond donors (Lipinski definition) is 1. The smallest absolute Gasteiger partial charge is 0.161 e.